The Morgan fingerprint density at radius 3 is 1.65 bits per heavy atom. The van der Waals surface area contributed by atoms with Crippen molar-refractivity contribution in [1.82, 2.24) is 4.72 Å². The van der Waals surface area contributed by atoms with Crippen molar-refractivity contribution < 1.29 is 17.7 Å². The van der Waals surface area contributed by atoms with Crippen LogP contribution < -0.4 is 10.2 Å². The summed E-state index contributed by atoms with van der Waals surface area (Å²) in [5.41, 5.74) is 2.16. The summed E-state index contributed by atoms with van der Waals surface area (Å²) in [4.78, 5) is 0.248. The highest BCUT2D eigenvalue weighted by atomic mass is 32.2. The van der Waals surface area contributed by atoms with Crippen LogP contribution in [-0.4, -0.2) is 33.8 Å². The summed E-state index contributed by atoms with van der Waals surface area (Å²) >= 11 is 0. The molecule has 7 heteroatoms. The average molecular weight is 373 g/mol. The normalized spacial score (nSPS) is 18.9. The molecule has 1 fully saturated rings. The zero-order valence-electron chi connectivity index (χ0n) is 15.7. The van der Waals surface area contributed by atoms with E-state index in [0.717, 1.165) is 16.6 Å². The molecule has 1 aliphatic rings. The van der Waals surface area contributed by atoms with Gasteiger partial charge in [-0.2, -0.15) is 0 Å². The maximum Gasteiger partial charge on any atom is 0.494 e. The summed E-state index contributed by atoms with van der Waals surface area (Å²) < 4.78 is 38.1. The van der Waals surface area contributed by atoms with Crippen molar-refractivity contribution in [3.63, 3.8) is 0 Å². The van der Waals surface area contributed by atoms with Gasteiger partial charge < -0.3 is 9.31 Å². The molecule has 0 atom stereocenters. The van der Waals surface area contributed by atoms with Crippen LogP contribution in [0.15, 0.2) is 53.4 Å². The Morgan fingerprint density at radius 2 is 1.23 bits per heavy atom. The van der Waals surface area contributed by atoms with E-state index in [1.165, 1.54) is 7.05 Å². The molecule has 1 aliphatic heterocycles. The van der Waals surface area contributed by atoms with Crippen molar-refractivity contribution in [3.8, 4) is 11.1 Å². The van der Waals surface area contributed by atoms with E-state index < -0.39 is 17.1 Å². The lowest BCUT2D eigenvalue weighted by Crippen LogP contribution is -2.41. The first-order valence-corrected chi connectivity index (χ1v) is 10.0. The fraction of sp³-hybridized carbons (Fsp3) is 0.368. The van der Waals surface area contributed by atoms with E-state index in [1.807, 2.05) is 52.0 Å². The Kier molecular flexibility index (Phi) is 4.77. The molecule has 1 saturated heterocycles. The first-order valence-electron chi connectivity index (χ1n) is 8.55. The molecule has 0 aromatic heterocycles. The molecule has 0 aliphatic carbocycles. The van der Waals surface area contributed by atoms with Gasteiger partial charge in [0.25, 0.3) is 0 Å². The van der Waals surface area contributed by atoms with Gasteiger partial charge in [0.2, 0.25) is 10.0 Å². The molecule has 0 bridgehead atoms. The largest absolute Gasteiger partial charge is 0.494 e. The molecule has 0 saturated carbocycles. The van der Waals surface area contributed by atoms with Crippen molar-refractivity contribution in [1.29, 1.82) is 0 Å². The van der Waals surface area contributed by atoms with Crippen LogP contribution in [0.4, 0.5) is 0 Å². The van der Waals surface area contributed by atoms with Gasteiger partial charge in [-0.3, -0.25) is 0 Å². The number of hydrogen-bond acceptors (Lipinski definition) is 4. The molecule has 1 heterocycles. The van der Waals surface area contributed by atoms with Crippen LogP contribution in [0, 0.1) is 0 Å². The highest BCUT2D eigenvalue weighted by molar-refractivity contribution is 7.89. The predicted molar refractivity (Wildman–Crippen MR) is 104 cm³/mol. The lowest BCUT2D eigenvalue weighted by molar-refractivity contribution is 0.00578. The Balaban J connectivity index is 1.81. The van der Waals surface area contributed by atoms with Crippen LogP contribution in [0.3, 0.4) is 0 Å². The zero-order valence-corrected chi connectivity index (χ0v) is 16.6. The lowest BCUT2D eigenvalue weighted by Gasteiger charge is -2.32. The molecule has 0 spiro atoms. The van der Waals surface area contributed by atoms with E-state index in [4.69, 9.17) is 9.31 Å². The summed E-state index contributed by atoms with van der Waals surface area (Å²) in [6, 6.07) is 14.7. The maximum atomic E-state index is 11.8. The maximum absolute atomic E-state index is 11.8. The van der Waals surface area contributed by atoms with E-state index in [1.54, 1.807) is 24.3 Å². The van der Waals surface area contributed by atoms with Crippen LogP contribution in [0.25, 0.3) is 11.1 Å². The Labute approximate surface area is 155 Å². The molecule has 3 rings (SSSR count). The molecule has 5 nitrogen and oxygen atoms in total. The summed E-state index contributed by atoms with van der Waals surface area (Å²) in [5, 5.41) is 0. The Hall–Kier alpha value is -1.67. The topological polar surface area (TPSA) is 64.6 Å². The minimum absolute atomic E-state index is 0.248. The molecule has 0 amide bonds. The quantitative estimate of drug-likeness (QED) is 0.837. The number of hydrogen-bond donors (Lipinski definition) is 1. The second-order valence-corrected chi connectivity index (χ2v) is 9.33. The SMILES string of the molecule is CNS(=O)(=O)c1ccc(-c2ccc(B3OC(C)(C)C(C)(C)O3)cc2)cc1. The summed E-state index contributed by atoms with van der Waals surface area (Å²) in [7, 11) is -2.41. The predicted octanol–water partition coefficient (Wildman–Crippen LogP) is 2.56. The van der Waals surface area contributed by atoms with Crippen molar-refractivity contribution in [3.05, 3.63) is 48.5 Å². The average Bonchev–Trinajstić information content (AvgIpc) is 2.83. The monoisotopic (exact) mass is 373 g/mol. The van der Waals surface area contributed by atoms with E-state index in [-0.39, 0.29) is 16.1 Å². The minimum Gasteiger partial charge on any atom is -0.399 e. The van der Waals surface area contributed by atoms with Crippen LogP contribution in [0.5, 0.6) is 0 Å². The fourth-order valence-electron chi connectivity index (χ4n) is 2.76. The summed E-state index contributed by atoms with van der Waals surface area (Å²) in [5.74, 6) is 0. The van der Waals surface area contributed by atoms with Gasteiger partial charge in [0.15, 0.2) is 0 Å². The molecule has 2 aromatic carbocycles. The third-order valence-corrected chi connectivity index (χ3v) is 6.63. The molecule has 0 unspecified atom stereocenters. The second kappa shape index (κ2) is 6.49. The van der Waals surface area contributed by atoms with Crippen LogP contribution >= 0.6 is 0 Å². The van der Waals surface area contributed by atoms with E-state index >= 15 is 0 Å². The second-order valence-electron chi connectivity index (χ2n) is 7.44. The van der Waals surface area contributed by atoms with Gasteiger partial charge in [-0.05, 0) is 63.5 Å². The Morgan fingerprint density at radius 1 is 0.808 bits per heavy atom. The molecular weight excluding hydrogens is 349 g/mol. The third-order valence-electron chi connectivity index (χ3n) is 5.20. The van der Waals surface area contributed by atoms with E-state index in [9.17, 15) is 8.42 Å². The Bertz CT molecular complexity index is 874. The van der Waals surface area contributed by atoms with Gasteiger partial charge in [0.1, 0.15) is 0 Å². The van der Waals surface area contributed by atoms with Crippen molar-refractivity contribution in [2.45, 2.75) is 43.8 Å². The fourth-order valence-corrected chi connectivity index (χ4v) is 3.49. The molecule has 0 radical (unpaired) electrons. The molecule has 138 valence electrons. The first-order chi connectivity index (χ1) is 12.1. The summed E-state index contributed by atoms with van der Waals surface area (Å²) in [6.45, 7) is 8.12. The molecule has 1 N–H and O–H groups in total. The smallest absolute Gasteiger partial charge is 0.399 e. The first kappa shape index (κ1) is 19.1. The van der Waals surface area contributed by atoms with Crippen LogP contribution in [-0.2, 0) is 19.3 Å². The molecule has 26 heavy (non-hydrogen) atoms. The van der Waals surface area contributed by atoms with Gasteiger partial charge in [0.05, 0.1) is 16.1 Å². The molecular formula is C19H24BNO4S. The van der Waals surface area contributed by atoms with Gasteiger partial charge in [-0.15, -0.1) is 0 Å². The molecule has 2 aromatic rings. The highest BCUT2D eigenvalue weighted by Crippen LogP contribution is 2.36. The summed E-state index contributed by atoms with van der Waals surface area (Å²) in [6.07, 6.45) is 0. The van der Waals surface area contributed by atoms with Gasteiger partial charge >= 0.3 is 7.12 Å². The number of nitrogens with one attached hydrogen (secondary N) is 1. The minimum atomic E-state index is -3.42. The lowest BCUT2D eigenvalue weighted by atomic mass is 9.78. The van der Waals surface area contributed by atoms with E-state index in [0.29, 0.717) is 0 Å². The number of rotatable bonds is 4. The van der Waals surface area contributed by atoms with Crippen molar-refractivity contribution in [2.75, 3.05) is 7.05 Å². The van der Waals surface area contributed by atoms with Crippen LogP contribution in [0.1, 0.15) is 27.7 Å². The van der Waals surface area contributed by atoms with Gasteiger partial charge in [-0.1, -0.05) is 36.4 Å². The van der Waals surface area contributed by atoms with Gasteiger partial charge in [0, 0.05) is 0 Å². The standard InChI is InChI=1S/C19H24BNO4S/c1-18(2)19(3,4)25-20(24-18)16-10-6-14(7-11-16)15-8-12-17(13-9-15)26(22,23)21-5/h6-13,21H,1-5H3. The van der Waals surface area contributed by atoms with E-state index in [2.05, 4.69) is 4.72 Å². The van der Waals surface area contributed by atoms with Crippen molar-refractivity contribution in [2.24, 2.45) is 0 Å². The van der Waals surface area contributed by atoms with Crippen LogP contribution in [0.2, 0.25) is 0 Å². The number of sulfonamides is 1. The number of benzene rings is 2. The zero-order chi connectivity index (χ0) is 19.2. The van der Waals surface area contributed by atoms with Gasteiger partial charge in [-0.25, -0.2) is 13.1 Å². The third kappa shape index (κ3) is 3.44. The van der Waals surface area contributed by atoms with Crippen molar-refractivity contribution >= 4 is 22.6 Å². The highest BCUT2D eigenvalue weighted by Gasteiger charge is 2.51.